The van der Waals surface area contributed by atoms with E-state index >= 15 is 0 Å². The lowest BCUT2D eigenvalue weighted by molar-refractivity contribution is -0.118. The normalized spacial score (nSPS) is 10.6. The number of rotatable bonds is 9. The lowest BCUT2D eigenvalue weighted by Crippen LogP contribution is -2.24. The smallest absolute Gasteiger partial charge is 0.230 e. The summed E-state index contributed by atoms with van der Waals surface area (Å²) in [7, 11) is 3.22. The number of hydrogen-bond acceptors (Lipinski definition) is 6. The number of nitrogens with zero attached hydrogens (tertiary/aromatic N) is 3. The SMILES string of the molecule is CCn1c(SCC(=O)NCc2ccccc2)nnc1-c1cc(OC)cc(OC)c1. The lowest BCUT2D eigenvalue weighted by Gasteiger charge is -2.10. The molecule has 1 heterocycles. The fourth-order valence-corrected chi connectivity index (χ4v) is 3.64. The van der Waals surface area contributed by atoms with E-state index in [-0.39, 0.29) is 11.7 Å². The van der Waals surface area contributed by atoms with Crippen LogP contribution in [0.5, 0.6) is 11.5 Å². The minimum atomic E-state index is -0.0471. The molecule has 0 fully saturated rings. The molecule has 2 aromatic carbocycles. The highest BCUT2D eigenvalue weighted by molar-refractivity contribution is 7.99. The zero-order chi connectivity index (χ0) is 20.6. The summed E-state index contributed by atoms with van der Waals surface area (Å²) in [4.78, 5) is 12.2. The van der Waals surface area contributed by atoms with Crippen molar-refractivity contribution in [3.8, 4) is 22.9 Å². The molecule has 152 valence electrons. The van der Waals surface area contributed by atoms with E-state index in [2.05, 4.69) is 15.5 Å². The Labute approximate surface area is 174 Å². The number of thioether (sulfide) groups is 1. The predicted octanol–water partition coefficient (Wildman–Crippen LogP) is 3.39. The molecule has 0 unspecified atom stereocenters. The molecule has 3 aromatic rings. The summed E-state index contributed by atoms with van der Waals surface area (Å²) in [6, 6.07) is 15.4. The third-order valence-corrected chi connectivity index (χ3v) is 5.27. The summed E-state index contributed by atoms with van der Waals surface area (Å²) < 4.78 is 12.7. The van der Waals surface area contributed by atoms with Crippen molar-refractivity contribution in [2.45, 2.75) is 25.2 Å². The summed E-state index contributed by atoms with van der Waals surface area (Å²) >= 11 is 1.37. The Morgan fingerprint density at radius 1 is 1.07 bits per heavy atom. The highest BCUT2D eigenvalue weighted by atomic mass is 32.2. The van der Waals surface area contributed by atoms with E-state index in [4.69, 9.17) is 9.47 Å². The van der Waals surface area contributed by atoms with Gasteiger partial charge >= 0.3 is 0 Å². The van der Waals surface area contributed by atoms with Crippen LogP contribution < -0.4 is 14.8 Å². The van der Waals surface area contributed by atoms with E-state index in [1.54, 1.807) is 14.2 Å². The number of benzene rings is 2. The zero-order valence-corrected chi connectivity index (χ0v) is 17.5. The maximum atomic E-state index is 12.2. The topological polar surface area (TPSA) is 78.3 Å². The molecular formula is C21H24N4O3S. The Balaban J connectivity index is 1.69. The Morgan fingerprint density at radius 2 is 1.76 bits per heavy atom. The van der Waals surface area contributed by atoms with Crippen molar-refractivity contribution in [2.24, 2.45) is 0 Å². The van der Waals surface area contributed by atoms with Crippen LogP contribution in [-0.4, -0.2) is 40.6 Å². The minimum Gasteiger partial charge on any atom is -0.497 e. The van der Waals surface area contributed by atoms with E-state index in [0.29, 0.717) is 35.6 Å². The summed E-state index contributed by atoms with van der Waals surface area (Å²) in [5, 5.41) is 12.2. The molecule has 8 heteroatoms. The second-order valence-corrected chi connectivity index (χ2v) is 7.15. The monoisotopic (exact) mass is 412 g/mol. The molecule has 0 radical (unpaired) electrons. The maximum Gasteiger partial charge on any atom is 0.230 e. The number of carbonyl (C=O) groups excluding carboxylic acids is 1. The van der Waals surface area contributed by atoms with Crippen molar-refractivity contribution in [1.29, 1.82) is 0 Å². The van der Waals surface area contributed by atoms with Gasteiger partial charge in [-0.25, -0.2) is 0 Å². The van der Waals surface area contributed by atoms with Crippen LogP contribution in [0.3, 0.4) is 0 Å². The van der Waals surface area contributed by atoms with Crippen LogP contribution in [0.1, 0.15) is 12.5 Å². The Bertz CT molecular complexity index is 938. The molecule has 1 N–H and O–H groups in total. The third-order valence-electron chi connectivity index (χ3n) is 4.31. The molecule has 0 atom stereocenters. The Morgan fingerprint density at radius 3 is 2.38 bits per heavy atom. The van der Waals surface area contributed by atoms with Gasteiger partial charge < -0.3 is 19.4 Å². The van der Waals surface area contributed by atoms with Crippen LogP contribution in [-0.2, 0) is 17.9 Å². The molecule has 0 aliphatic rings. The average molecular weight is 413 g/mol. The Kier molecular flexibility index (Phi) is 7.13. The second-order valence-electron chi connectivity index (χ2n) is 6.20. The fraction of sp³-hybridized carbons (Fsp3) is 0.286. The van der Waals surface area contributed by atoms with Gasteiger partial charge in [0.2, 0.25) is 5.91 Å². The van der Waals surface area contributed by atoms with Crippen molar-refractivity contribution in [3.63, 3.8) is 0 Å². The van der Waals surface area contributed by atoms with Crippen molar-refractivity contribution >= 4 is 17.7 Å². The zero-order valence-electron chi connectivity index (χ0n) is 16.7. The second kappa shape index (κ2) is 9.97. The van der Waals surface area contributed by atoms with Gasteiger partial charge in [0, 0.05) is 24.7 Å². The standard InChI is InChI=1S/C21H24N4O3S/c1-4-25-20(16-10-17(27-2)12-18(11-16)28-3)23-24-21(25)29-14-19(26)22-13-15-8-6-5-7-9-15/h5-12H,4,13-14H2,1-3H3,(H,22,26). The minimum absolute atomic E-state index is 0.0471. The van der Waals surface area contributed by atoms with Crippen LogP contribution in [0.25, 0.3) is 11.4 Å². The van der Waals surface area contributed by atoms with Crippen molar-refractivity contribution in [3.05, 3.63) is 54.1 Å². The first kappa shape index (κ1) is 20.7. The van der Waals surface area contributed by atoms with Gasteiger partial charge in [-0.1, -0.05) is 42.1 Å². The maximum absolute atomic E-state index is 12.2. The number of nitrogens with one attached hydrogen (secondary N) is 1. The lowest BCUT2D eigenvalue weighted by atomic mass is 10.2. The fourth-order valence-electron chi connectivity index (χ4n) is 2.81. The van der Waals surface area contributed by atoms with E-state index < -0.39 is 0 Å². The van der Waals surface area contributed by atoms with Gasteiger partial charge in [0.05, 0.1) is 20.0 Å². The molecule has 0 aliphatic heterocycles. The van der Waals surface area contributed by atoms with Crippen LogP contribution in [0.2, 0.25) is 0 Å². The van der Waals surface area contributed by atoms with Gasteiger partial charge in [-0.2, -0.15) is 0 Å². The molecular weight excluding hydrogens is 388 g/mol. The molecule has 0 spiro atoms. The average Bonchev–Trinajstić information content (AvgIpc) is 3.19. The first-order valence-electron chi connectivity index (χ1n) is 9.24. The van der Waals surface area contributed by atoms with Crippen LogP contribution in [0.4, 0.5) is 0 Å². The molecule has 1 aromatic heterocycles. The highest BCUT2D eigenvalue weighted by Gasteiger charge is 2.16. The van der Waals surface area contributed by atoms with E-state index in [9.17, 15) is 4.79 Å². The molecule has 0 aliphatic carbocycles. The van der Waals surface area contributed by atoms with Crippen molar-refractivity contribution in [2.75, 3.05) is 20.0 Å². The molecule has 29 heavy (non-hydrogen) atoms. The van der Waals surface area contributed by atoms with Gasteiger partial charge in [-0.05, 0) is 24.6 Å². The molecule has 7 nitrogen and oxygen atoms in total. The van der Waals surface area contributed by atoms with E-state index in [0.717, 1.165) is 11.1 Å². The third kappa shape index (κ3) is 5.29. The highest BCUT2D eigenvalue weighted by Crippen LogP contribution is 2.30. The molecule has 3 rings (SSSR count). The van der Waals surface area contributed by atoms with Crippen LogP contribution in [0, 0.1) is 0 Å². The van der Waals surface area contributed by atoms with Crippen LogP contribution >= 0.6 is 11.8 Å². The number of carbonyl (C=O) groups is 1. The first-order chi connectivity index (χ1) is 14.1. The predicted molar refractivity (Wildman–Crippen MR) is 113 cm³/mol. The molecule has 0 saturated heterocycles. The van der Waals surface area contributed by atoms with Crippen molar-refractivity contribution < 1.29 is 14.3 Å². The van der Waals surface area contributed by atoms with Gasteiger partial charge in [0.15, 0.2) is 11.0 Å². The summed E-state index contributed by atoms with van der Waals surface area (Å²) in [5.41, 5.74) is 1.91. The van der Waals surface area contributed by atoms with Gasteiger partial charge in [-0.15, -0.1) is 10.2 Å². The van der Waals surface area contributed by atoms with Gasteiger partial charge in [0.1, 0.15) is 11.5 Å². The number of hydrogen-bond donors (Lipinski definition) is 1. The first-order valence-corrected chi connectivity index (χ1v) is 10.2. The van der Waals surface area contributed by atoms with Gasteiger partial charge in [-0.3, -0.25) is 4.79 Å². The number of aromatic nitrogens is 3. The number of methoxy groups -OCH3 is 2. The van der Waals surface area contributed by atoms with E-state index in [1.807, 2.05) is 60.0 Å². The molecule has 1 amide bonds. The van der Waals surface area contributed by atoms with E-state index in [1.165, 1.54) is 11.8 Å². The molecule has 0 saturated carbocycles. The Hall–Kier alpha value is -3.00. The van der Waals surface area contributed by atoms with Gasteiger partial charge in [0.25, 0.3) is 0 Å². The molecule has 0 bridgehead atoms. The quantitative estimate of drug-likeness (QED) is 0.543. The summed E-state index contributed by atoms with van der Waals surface area (Å²) in [6.45, 7) is 3.20. The largest absolute Gasteiger partial charge is 0.497 e. The number of ether oxygens (including phenoxy) is 2. The number of amides is 1. The van der Waals surface area contributed by atoms with Crippen LogP contribution in [0.15, 0.2) is 53.7 Å². The van der Waals surface area contributed by atoms with Crippen molar-refractivity contribution in [1.82, 2.24) is 20.1 Å². The summed E-state index contributed by atoms with van der Waals surface area (Å²) in [6.07, 6.45) is 0. The summed E-state index contributed by atoms with van der Waals surface area (Å²) in [5.74, 6) is 2.29.